The highest BCUT2D eigenvalue weighted by molar-refractivity contribution is 6.60. The van der Waals surface area contributed by atoms with Gasteiger partial charge in [0.05, 0.1) is 0 Å². The second-order valence-electron chi connectivity index (χ2n) is 3.90. The number of benzene rings is 2. The van der Waals surface area contributed by atoms with Gasteiger partial charge in [-0.3, -0.25) is 0 Å². The minimum absolute atomic E-state index is 0.455. The van der Waals surface area contributed by atoms with Crippen LogP contribution in [0.25, 0.3) is 0 Å². The van der Waals surface area contributed by atoms with Crippen LogP contribution in [0.15, 0.2) is 60.7 Å². The van der Waals surface area contributed by atoms with Crippen molar-refractivity contribution in [2.75, 3.05) is 0 Å². The molecular weight excluding hydrogens is 244 g/mol. The fourth-order valence-corrected chi connectivity index (χ4v) is 2.85. The standard InChI is InChI=1S/C14H16O3Si/c1-2-18(15,16-13-9-5-3-6-10-13)17-14-11-7-4-8-12-14/h3-12,15H,2H2,1H3. The summed E-state index contributed by atoms with van der Waals surface area (Å²) < 4.78 is 11.3. The average molecular weight is 260 g/mol. The van der Waals surface area contributed by atoms with Crippen molar-refractivity contribution in [1.82, 2.24) is 0 Å². The summed E-state index contributed by atoms with van der Waals surface area (Å²) in [6, 6.07) is 18.9. The third-order valence-electron chi connectivity index (χ3n) is 2.49. The molecule has 18 heavy (non-hydrogen) atoms. The molecule has 0 bridgehead atoms. The van der Waals surface area contributed by atoms with Crippen LogP contribution in [0.2, 0.25) is 6.04 Å². The Labute approximate surface area is 108 Å². The van der Waals surface area contributed by atoms with Crippen LogP contribution in [-0.4, -0.2) is 13.6 Å². The topological polar surface area (TPSA) is 38.7 Å². The van der Waals surface area contributed by atoms with Crippen molar-refractivity contribution in [1.29, 1.82) is 0 Å². The summed E-state index contributed by atoms with van der Waals surface area (Å²) in [6.07, 6.45) is 0. The van der Waals surface area contributed by atoms with Crippen molar-refractivity contribution >= 4 is 8.80 Å². The Kier molecular flexibility index (Phi) is 4.02. The number of para-hydroxylation sites is 2. The lowest BCUT2D eigenvalue weighted by Gasteiger charge is -2.24. The molecular formula is C14H16O3Si. The zero-order valence-electron chi connectivity index (χ0n) is 10.2. The highest BCUT2D eigenvalue weighted by atomic mass is 28.4. The zero-order valence-corrected chi connectivity index (χ0v) is 11.2. The number of hydrogen-bond donors (Lipinski definition) is 1. The molecule has 0 unspecified atom stereocenters. The van der Waals surface area contributed by atoms with Gasteiger partial charge >= 0.3 is 8.80 Å². The molecule has 2 aromatic rings. The van der Waals surface area contributed by atoms with Gasteiger partial charge in [-0.05, 0) is 24.3 Å². The lowest BCUT2D eigenvalue weighted by atomic mass is 10.3. The molecule has 0 spiro atoms. The molecule has 0 aliphatic rings. The van der Waals surface area contributed by atoms with Crippen LogP contribution in [0.5, 0.6) is 11.5 Å². The van der Waals surface area contributed by atoms with Crippen molar-refractivity contribution in [3.05, 3.63) is 60.7 Å². The largest absolute Gasteiger partial charge is 0.629 e. The second-order valence-corrected chi connectivity index (χ2v) is 6.44. The van der Waals surface area contributed by atoms with Crippen molar-refractivity contribution in [2.24, 2.45) is 0 Å². The molecule has 0 aliphatic heterocycles. The van der Waals surface area contributed by atoms with Gasteiger partial charge in [0.1, 0.15) is 11.5 Å². The van der Waals surface area contributed by atoms with Crippen LogP contribution >= 0.6 is 0 Å². The molecule has 0 aliphatic carbocycles. The summed E-state index contributed by atoms with van der Waals surface area (Å²) in [5.41, 5.74) is 0. The van der Waals surface area contributed by atoms with Gasteiger partial charge in [0.2, 0.25) is 0 Å². The highest BCUT2D eigenvalue weighted by Gasteiger charge is 2.39. The third-order valence-corrected chi connectivity index (χ3v) is 4.49. The van der Waals surface area contributed by atoms with Crippen molar-refractivity contribution in [3.63, 3.8) is 0 Å². The first-order valence-corrected chi connectivity index (χ1v) is 7.89. The molecule has 0 atom stereocenters. The molecule has 0 saturated heterocycles. The van der Waals surface area contributed by atoms with Crippen molar-refractivity contribution < 1.29 is 13.6 Å². The Bertz CT molecular complexity index is 431. The van der Waals surface area contributed by atoms with Gasteiger partial charge in [0, 0.05) is 6.04 Å². The van der Waals surface area contributed by atoms with E-state index >= 15 is 0 Å². The van der Waals surface area contributed by atoms with Gasteiger partial charge < -0.3 is 13.6 Å². The molecule has 3 nitrogen and oxygen atoms in total. The van der Waals surface area contributed by atoms with Crippen LogP contribution in [0, 0.1) is 0 Å². The predicted molar refractivity (Wildman–Crippen MR) is 72.6 cm³/mol. The van der Waals surface area contributed by atoms with Gasteiger partial charge in [0.25, 0.3) is 0 Å². The first kappa shape index (κ1) is 12.7. The summed E-state index contributed by atoms with van der Waals surface area (Å²) >= 11 is 0. The van der Waals surface area contributed by atoms with Crippen LogP contribution < -0.4 is 8.85 Å². The third kappa shape index (κ3) is 3.35. The Morgan fingerprint density at radius 3 is 1.56 bits per heavy atom. The molecule has 0 amide bonds. The van der Waals surface area contributed by atoms with Gasteiger partial charge in [-0.15, -0.1) is 0 Å². The first-order valence-electron chi connectivity index (χ1n) is 5.92. The van der Waals surface area contributed by atoms with Crippen LogP contribution in [0.4, 0.5) is 0 Å². The second kappa shape index (κ2) is 5.71. The van der Waals surface area contributed by atoms with Crippen LogP contribution in [0.3, 0.4) is 0 Å². The predicted octanol–water partition coefficient (Wildman–Crippen LogP) is 3.10. The molecule has 0 heterocycles. The molecule has 0 fully saturated rings. The molecule has 2 rings (SSSR count). The normalized spacial score (nSPS) is 11.0. The Hall–Kier alpha value is -1.78. The number of hydrogen-bond acceptors (Lipinski definition) is 3. The van der Waals surface area contributed by atoms with Gasteiger partial charge in [-0.25, -0.2) is 0 Å². The maximum Gasteiger partial charge on any atom is 0.629 e. The van der Waals surface area contributed by atoms with Crippen LogP contribution in [0.1, 0.15) is 6.92 Å². The Morgan fingerprint density at radius 2 is 1.22 bits per heavy atom. The summed E-state index contributed by atoms with van der Waals surface area (Å²) in [6.45, 7) is 1.86. The van der Waals surface area contributed by atoms with E-state index in [-0.39, 0.29) is 0 Å². The first-order chi connectivity index (χ1) is 8.72. The maximum atomic E-state index is 10.4. The summed E-state index contributed by atoms with van der Waals surface area (Å²) in [7, 11) is -3.21. The fraction of sp³-hybridized carbons (Fsp3) is 0.143. The van der Waals surface area contributed by atoms with E-state index in [4.69, 9.17) is 8.85 Å². The molecule has 0 aromatic heterocycles. The van der Waals surface area contributed by atoms with E-state index < -0.39 is 8.80 Å². The Morgan fingerprint density at radius 1 is 0.833 bits per heavy atom. The highest BCUT2D eigenvalue weighted by Crippen LogP contribution is 2.20. The maximum absolute atomic E-state index is 10.4. The summed E-state index contributed by atoms with van der Waals surface area (Å²) in [5, 5.41) is 0. The number of rotatable bonds is 5. The van der Waals surface area contributed by atoms with Crippen molar-refractivity contribution in [3.8, 4) is 11.5 Å². The lowest BCUT2D eigenvalue weighted by molar-refractivity contribution is 0.252. The SMILES string of the molecule is CC[Si](O)(Oc1ccccc1)Oc1ccccc1. The van der Waals surface area contributed by atoms with E-state index in [9.17, 15) is 4.80 Å². The van der Waals surface area contributed by atoms with E-state index in [2.05, 4.69) is 0 Å². The molecule has 0 saturated carbocycles. The lowest BCUT2D eigenvalue weighted by Crippen LogP contribution is -2.48. The summed E-state index contributed by atoms with van der Waals surface area (Å²) in [4.78, 5) is 10.4. The smallest absolute Gasteiger partial charge is 0.492 e. The van der Waals surface area contributed by atoms with Crippen LogP contribution in [-0.2, 0) is 0 Å². The van der Waals surface area contributed by atoms with Gasteiger partial charge in [0.15, 0.2) is 0 Å². The molecule has 0 radical (unpaired) electrons. The molecule has 2 aromatic carbocycles. The van der Waals surface area contributed by atoms with Gasteiger partial charge in [-0.1, -0.05) is 43.3 Å². The summed E-state index contributed by atoms with van der Waals surface area (Å²) in [5.74, 6) is 1.26. The van der Waals surface area contributed by atoms with E-state index in [1.807, 2.05) is 67.6 Å². The van der Waals surface area contributed by atoms with E-state index in [1.54, 1.807) is 0 Å². The zero-order chi connectivity index (χ0) is 12.8. The quantitative estimate of drug-likeness (QED) is 0.840. The fourth-order valence-electron chi connectivity index (χ4n) is 1.51. The van der Waals surface area contributed by atoms with E-state index in [0.717, 1.165) is 0 Å². The van der Waals surface area contributed by atoms with Crippen molar-refractivity contribution in [2.45, 2.75) is 13.0 Å². The van der Waals surface area contributed by atoms with E-state index in [0.29, 0.717) is 17.5 Å². The average Bonchev–Trinajstić information content (AvgIpc) is 2.41. The minimum atomic E-state index is -3.21. The Balaban J connectivity index is 2.11. The molecule has 1 N–H and O–H groups in total. The molecule has 94 valence electrons. The minimum Gasteiger partial charge on any atom is -0.492 e. The molecule has 4 heteroatoms. The van der Waals surface area contributed by atoms with Gasteiger partial charge in [-0.2, -0.15) is 0 Å². The monoisotopic (exact) mass is 260 g/mol. The van der Waals surface area contributed by atoms with E-state index in [1.165, 1.54) is 0 Å².